The standard InChI is InChI=1S/C16H19FN2O/c17-14-8-6-13(7-9-14)15(20)19-16(12-18)10-4-2-1-3-5-11-16/h6-9H,1-5,10-11H2,(H,19,20). The maximum Gasteiger partial charge on any atom is 0.252 e. The van der Waals surface area contributed by atoms with Crippen molar-refractivity contribution in [2.24, 2.45) is 0 Å². The van der Waals surface area contributed by atoms with E-state index in [2.05, 4.69) is 11.4 Å². The lowest BCUT2D eigenvalue weighted by atomic mass is 9.85. The summed E-state index contributed by atoms with van der Waals surface area (Å²) in [5, 5.41) is 12.3. The third-order valence-electron chi connectivity index (χ3n) is 3.88. The van der Waals surface area contributed by atoms with Crippen LogP contribution < -0.4 is 5.32 Å². The van der Waals surface area contributed by atoms with E-state index in [0.29, 0.717) is 18.4 Å². The van der Waals surface area contributed by atoms with Crippen molar-refractivity contribution in [2.75, 3.05) is 0 Å². The lowest BCUT2D eigenvalue weighted by molar-refractivity contribution is 0.0907. The van der Waals surface area contributed by atoms with Gasteiger partial charge in [0.15, 0.2) is 0 Å². The fourth-order valence-electron chi connectivity index (χ4n) is 2.66. The van der Waals surface area contributed by atoms with E-state index in [0.717, 1.165) is 25.7 Å². The largest absolute Gasteiger partial charge is 0.334 e. The number of halogens is 1. The fraction of sp³-hybridized carbons (Fsp3) is 0.500. The summed E-state index contributed by atoms with van der Waals surface area (Å²) in [6, 6.07) is 7.69. The average Bonchev–Trinajstić information content (AvgIpc) is 2.43. The molecule has 1 aromatic rings. The average molecular weight is 274 g/mol. The van der Waals surface area contributed by atoms with Gasteiger partial charge in [-0.15, -0.1) is 0 Å². The van der Waals surface area contributed by atoms with Crippen LogP contribution in [0.1, 0.15) is 55.3 Å². The number of nitriles is 1. The van der Waals surface area contributed by atoms with Crippen LogP contribution in [-0.4, -0.2) is 11.4 Å². The minimum atomic E-state index is -0.772. The third kappa shape index (κ3) is 3.57. The molecule has 1 fully saturated rings. The summed E-state index contributed by atoms with van der Waals surface area (Å²) in [6.45, 7) is 0. The highest BCUT2D eigenvalue weighted by molar-refractivity contribution is 5.94. The van der Waals surface area contributed by atoms with Crippen molar-refractivity contribution in [3.8, 4) is 6.07 Å². The predicted molar refractivity (Wildman–Crippen MR) is 74.5 cm³/mol. The molecule has 1 aliphatic carbocycles. The number of amides is 1. The normalized spacial score (nSPS) is 18.4. The summed E-state index contributed by atoms with van der Waals surface area (Å²) < 4.78 is 12.9. The van der Waals surface area contributed by atoms with Crippen molar-refractivity contribution in [3.63, 3.8) is 0 Å². The van der Waals surface area contributed by atoms with Gasteiger partial charge >= 0.3 is 0 Å². The Labute approximate surface area is 118 Å². The van der Waals surface area contributed by atoms with E-state index < -0.39 is 5.54 Å². The number of carbonyl (C=O) groups is 1. The summed E-state index contributed by atoms with van der Waals surface area (Å²) >= 11 is 0. The number of hydrogen-bond donors (Lipinski definition) is 1. The number of nitrogens with zero attached hydrogens (tertiary/aromatic N) is 1. The van der Waals surface area contributed by atoms with Crippen molar-refractivity contribution in [3.05, 3.63) is 35.6 Å². The molecule has 1 amide bonds. The fourth-order valence-corrected chi connectivity index (χ4v) is 2.66. The molecular weight excluding hydrogens is 255 g/mol. The first-order valence-electron chi connectivity index (χ1n) is 7.15. The maximum absolute atomic E-state index is 12.9. The zero-order valence-corrected chi connectivity index (χ0v) is 11.5. The molecule has 2 rings (SSSR count). The molecule has 3 nitrogen and oxygen atoms in total. The van der Waals surface area contributed by atoms with Gasteiger partial charge in [-0.3, -0.25) is 4.79 Å². The van der Waals surface area contributed by atoms with Gasteiger partial charge in [-0.1, -0.05) is 32.1 Å². The van der Waals surface area contributed by atoms with E-state index in [9.17, 15) is 14.4 Å². The van der Waals surface area contributed by atoms with Crippen LogP contribution in [0.25, 0.3) is 0 Å². The van der Waals surface area contributed by atoms with Crippen molar-refractivity contribution in [1.82, 2.24) is 5.32 Å². The van der Waals surface area contributed by atoms with Crippen molar-refractivity contribution < 1.29 is 9.18 Å². The Morgan fingerprint density at radius 2 is 1.65 bits per heavy atom. The Morgan fingerprint density at radius 1 is 1.10 bits per heavy atom. The topological polar surface area (TPSA) is 52.9 Å². The summed E-state index contributed by atoms with van der Waals surface area (Å²) in [4.78, 5) is 12.2. The molecule has 0 heterocycles. The highest BCUT2D eigenvalue weighted by atomic mass is 19.1. The zero-order chi connectivity index (χ0) is 14.4. The summed E-state index contributed by atoms with van der Waals surface area (Å²) in [6.07, 6.45) is 6.71. The first-order chi connectivity index (χ1) is 9.65. The molecule has 0 bridgehead atoms. The zero-order valence-electron chi connectivity index (χ0n) is 11.5. The molecule has 1 N–H and O–H groups in total. The van der Waals surface area contributed by atoms with Gasteiger partial charge in [-0.05, 0) is 37.1 Å². The van der Waals surface area contributed by atoms with E-state index in [1.165, 1.54) is 30.7 Å². The molecule has 0 saturated heterocycles. The lowest BCUT2D eigenvalue weighted by Crippen LogP contribution is -2.47. The van der Waals surface area contributed by atoms with E-state index in [1.807, 2.05) is 0 Å². The molecule has 1 aliphatic rings. The molecule has 20 heavy (non-hydrogen) atoms. The quantitative estimate of drug-likeness (QED) is 0.896. The highest BCUT2D eigenvalue weighted by Gasteiger charge is 2.32. The summed E-state index contributed by atoms with van der Waals surface area (Å²) in [5.41, 5.74) is -0.380. The molecule has 1 saturated carbocycles. The van der Waals surface area contributed by atoms with Crippen LogP contribution in [0.3, 0.4) is 0 Å². The third-order valence-corrected chi connectivity index (χ3v) is 3.88. The van der Waals surface area contributed by atoms with Gasteiger partial charge in [0.05, 0.1) is 6.07 Å². The van der Waals surface area contributed by atoms with Gasteiger partial charge in [-0.25, -0.2) is 4.39 Å². The SMILES string of the molecule is N#CC1(NC(=O)c2ccc(F)cc2)CCCCCCC1. The molecule has 0 unspecified atom stereocenters. The Bertz CT molecular complexity index is 496. The van der Waals surface area contributed by atoms with Gasteiger partial charge in [0.2, 0.25) is 0 Å². The first kappa shape index (κ1) is 14.5. The first-order valence-corrected chi connectivity index (χ1v) is 7.15. The Balaban J connectivity index is 2.10. The summed E-state index contributed by atoms with van der Waals surface area (Å²) in [7, 11) is 0. The monoisotopic (exact) mass is 274 g/mol. The van der Waals surface area contributed by atoms with Gasteiger partial charge in [-0.2, -0.15) is 5.26 Å². The summed E-state index contributed by atoms with van der Waals surface area (Å²) in [5.74, 6) is -0.672. The molecule has 0 radical (unpaired) electrons. The molecule has 1 aromatic carbocycles. The van der Waals surface area contributed by atoms with Crippen LogP contribution in [0, 0.1) is 17.1 Å². The van der Waals surface area contributed by atoms with E-state index in [1.54, 1.807) is 0 Å². The minimum Gasteiger partial charge on any atom is -0.334 e. The van der Waals surface area contributed by atoms with Crippen LogP contribution in [0.4, 0.5) is 4.39 Å². The second-order valence-corrected chi connectivity index (χ2v) is 5.42. The second-order valence-electron chi connectivity index (χ2n) is 5.42. The van der Waals surface area contributed by atoms with E-state index in [4.69, 9.17) is 0 Å². The Morgan fingerprint density at radius 3 is 2.20 bits per heavy atom. The van der Waals surface area contributed by atoms with Crippen molar-refractivity contribution in [1.29, 1.82) is 5.26 Å². The molecule has 0 aliphatic heterocycles. The Kier molecular flexibility index (Phi) is 4.73. The Hall–Kier alpha value is -1.89. The number of nitrogens with one attached hydrogen (secondary N) is 1. The van der Waals surface area contributed by atoms with Gasteiger partial charge in [0.1, 0.15) is 11.4 Å². The second kappa shape index (κ2) is 6.51. The van der Waals surface area contributed by atoms with Gasteiger partial charge < -0.3 is 5.32 Å². The minimum absolute atomic E-state index is 0.299. The van der Waals surface area contributed by atoms with Crippen LogP contribution in [-0.2, 0) is 0 Å². The van der Waals surface area contributed by atoms with Crippen molar-refractivity contribution in [2.45, 2.75) is 50.5 Å². The predicted octanol–water partition coefficient (Wildman–Crippen LogP) is 3.56. The molecule has 4 heteroatoms. The molecular formula is C16H19FN2O. The van der Waals surface area contributed by atoms with E-state index in [-0.39, 0.29) is 11.7 Å². The van der Waals surface area contributed by atoms with Crippen LogP contribution in [0.2, 0.25) is 0 Å². The smallest absolute Gasteiger partial charge is 0.252 e. The molecule has 106 valence electrons. The number of rotatable bonds is 2. The highest BCUT2D eigenvalue weighted by Crippen LogP contribution is 2.26. The van der Waals surface area contributed by atoms with Gasteiger partial charge in [0.25, 0.3) is 5.91 Å². The van der Waals surface area contributed by atoms with Gasteiger partial charge in [0, 0.05) is 5.56 Å². The van der Waals surface area contributed by atoms with Crippen LogP contribution in [0.15, 0.2) is 24.3 Å². The van der Waals surface area contributed by atoms with Crippen LogP contribution in [0.5, 0.6) is 0 Å². The lowest BCUT2D eigenvalue weighted by Gasteiger charge is -2.29. The molecule has 0 atom stereocenters. The van der Waals surface area contributed by atoms with Crippen LogP contribution >= 0.6 is 0 Å². The molecule has 0 spiro atoms. The maximum atomic E-state index is 12.9. The number of benzene rings is 1. The van der Waals surface area contributed by atoms with Crippen molar-refractivity contribution >= 4 is 5.91 Å². The molecule has 0 aromatic heterocycles. The number of carbonyl (C=O) groups excluding carboxylic acids is 1. The van der Waals surface area contributed by atoms with E-state index >= 15 is 0 Å². The number of hydrogen-bond acceptors (Lipinski definition) is 2.